The molecule has 0 aromatic heterocycles. The molecule has 0 radical (unpaired) electrons. The van der Waals surface area contributed by atoms with Gasteiger partial charge in [0.1, 0.15) is 11.9 Å². The Morgan fingerprint density at radius 1 is 1.29 bits per heavy atom. The number of para-hydroxylation sites is 1. The van der Waals surface area contributed by atoms with Gasteiger partial charge in [-0.05, 0) is 25.5 Å². The zero-order valence-corrected chi connectivity index (χ0v) is 10.7. The summed E-state index contributed by atoms with van der Waals surface area (Å²) in [6.45, 7) is 7.57. The molecule has 0 fully saturated rings. The first-order chi connectivity index (χ1) is 8.11. The summed E-state index contributed by atoms with van der Waals surface area (Å²) in [5, 5.41) is 9.07. The number of carboxylic acid groups (broad SMARTS) is 1. The number of aliphatic carboxylic acids is 1. The second kappa shape index (κ2) is 5.53. The molecule has 1 unspecified atom stereocenters. The Kier molecular flexibility index (Phi) is 4.32. The third-order valence-electron chi connectivity index (χ3n) is 2.64. The molecule has 1 N–H and O–H groups in total. The molecule has 0 spiro atoms. The van der Waals surface area contributed by atoms with E-state index in [0.29, 0.717) is 5.57 Å². The highest BCUT2D eigenvalue weighted by Gasteiger charge is 2.27. The van der Waals surface area contributed by atoms with Crippen molar-refractivity contribution in [2.24, 2.45) is 0 Å². The molecule has 0 amide bonds. The van der Waals surface area contributed by atoms with Gasteiger partial charge in [-0.25, -0.2) is 4.79 Å². The zero-order valence-electron chi connectivity index (χ0n) is 10.7. The third kappa shape index (κ3) is 2.49. The fraction of sp³-hybridized carbons (Fsp3) is 0.357. The van der Waals surface area contributed by atoms with E-state index in [-0.39, 0.29) is 0 Å². The molecule has 0 aliphatic carbocycles. The van der Waals surface area contributed by atoms with E-state index in [1.54, 1.807) is 6.92 Å². The van der Waals surface area contributed by atoms with E-state index in [9.17, 15) is 4.79 Å². The smallest absolute Gasteiger partial charge is 0.335 e. The van der Waals surface area contributed by atoms with Crippen molar-refractivity contribution in [3.63, 3.8) is 0 Å². The first kappa shape index (κ1) is 13.3. The number of hydrogen-bond acceptors (Lipinski definition) is 2. The Bertz CT molecular complexity index is 447. The first-order valence-electron chi connectivity index (χ1n) is 5.81. The molecule has 0 saturated carbocycles. The van der Waals surface area contributed by atoms with Gasteiger partial charge in [-0.2, -0.15) is 0 Å². The van der Waals surface area contributed by atoms with E-state index in [2.05, 4.69) is 0 Å². The Labute approximate surface area is 102 Å². The van der Waals surface area contributed by atoms with E-state index < -0.39 is 12.1 Å². The monoisotopic (exact) mass is 234 g/mol. The van der Waals surface area contributed by atoms with Crippen molar-refractivity contribution in [2.45, 2.75) is 33.8 Å². The van der Waals surface area contributed by atoms with Gasteiger partial charge in [0.2, 0.25) is 0 Å². The van der Waals surface area contributed by atoms with Gasteiger partial charge < -0.3 is 9.84 Å². The minimum Gasteiger partial charge on any atom is -0.485 e. The highest BCUT2D eigenvalue weighted by molar-refractivity contribution is 5.98. The summed E-state index contributed by atoms with van der Waals surface area (Å²) in [5.41, 5.74) is 2.00. The SMILES string of the molecule is CC.CC1=C(C(=O)O)C(C)Oc2ccccc21. The minimum absolute atomic E-state index is 0.341. The maximum Gasteiger partial charge on any atom is 0.335 e. The lowest BCUT2D eigenvalue weighted by Gasteiger charge is -2.25. The van der Waals surface area contributed by atoms with Crippen LogP contribution in [0.25, 0.3) is 5.57 Å². The van der Waals surface area contributed by atoms with E-state index >= 15 is 0 Å². The molecule has 1 aliphatic rings. The van der Waals surface area contributed by atoms with E-state index in [1.165, 1.54) is 0 Å². The van der Waals surface area contributed by atoms with Crippen LogP contribution in [0.1, 0.15) is 33.3 Å². The van der Waals surface area contributed by atoms with Crippen LogP contribution in [0.4, 0.5) is 0 Å². The van der Waals surface area contributed by atoms with Gasteiger partial charge in [0.05, 0.1) is 5.57 Å². The van der Waals surface area contributed by atoms with Crippen molar-refractivity contribution >= 4 is 11.5 Å². The highest BCUT2D eigenvalue weighted by Crippen LogP contribution is 2.35. The predicted molar refractivity (Wildman–Crippen MR) is 68.1 cm³/mol. The summed E-state index contributed by atoms with van der Waals surface area (Å²) in [7, 11) is 0. The Morgan fingerprint density at radius 3 is 2.47 bits per heavy atom. The molecule has 3 heteroatoms. The van der Waals surface area contributed by atoms with Crippen LogP contribution < -0.4 is 4.74 Å². The van der Waals surface area contributed by atoms with Gasteiger partial charge in [0.15, 0.2) is 0 Å². The quantitative estimate of drug-likeness (QED) is 0.810. The molecule has 0 bridgehead atoms. The number of rotatable bonds is 1. The number of hydrogen-bond donors (Lipinski definition) is 1. The molecule has 17 heavy (non-hydrogen) atoms. The molecule has 0 saturated heterocycles. The molecule has 3 nitrogen and oxygen atoms in total. The maximum absolute atomic E-state index is 11.0. The number of carboxylic acids is 1. The van der Waals surface area contributed by atoms with Crippen molar-refractivity contribution in [3.8, 4) is 5.75 Å². The maximum atomic E-state index is 11.0. The van der Waals surface area contributed by atoms with E-state index in [4.69, 9.17) is 9.84 Å². The highest BCUT2D eigenvalue weighted by atomic mass is 16.5. The third-order valence-corrected chi connectivity index (χ3v) is 2.64. The van der Waals surface area contributed by atoms with Crippen LogP contribution in [0.5, 0.6) is 5.75 Å². The topological polar surface area (TPSA) is 46.5 Å². The Hall–Kier alpha value is -1.77. The van der Waals surface area contributed by atoms with Crippen LogP contribution in [0, 0.1) is 0 Å². The van der Waals surface area contributed by atoms with Crippen LogP contribution >= 0.6 is 0 Å². The molecular formula is C14H18O3. The van der Waals surface area contributed by atoms with Crippen LogP contribution in [0.3, 0.4) is 0 Å². The second-order valence-corrected chi connectivity index (χ2v) is 3.60. The van der Waals surface area contributed by atoms with E-state index in [1.807, 2.05) is 45.0 Å². The fourth-order valence-corrected chi connectivity index (χ4v) is 1.91. The molecule has 92 valence electrons. The van der Waals surface area contributed by atoms with Crippen molar-refractivity contribution < 1.29 is 14.6 Å². The average Bonchev–Trinajstić information content (AvgIpc) is 2.31. The van der Waals surface area contributed by atoms with E-state index in [0.717, 1.165) is 16.9 Å². The lowest BCUT2D eigenvalue weighted by molar-refractivity contribution is -0.133. The summed E-state index contributed by atoms with van der Waals surface area (Å²) in [6, 6.07) is 7.49. The summed E-state index contributed by atoms with van der Waals surface area (Å²) in [6.07, 6.45) is -0.391. The fourth-order valence-electron chi connectivity index (χ4n) is 1.91. The Balaban J connectivity index is 0.000000686. The zero-order chi connectivity index (χ0) is 13.0. The summed E-state index contributed by atoms with van der Waals surface area (Å²) in [5.74, 6) is -0.151. The summed E-state index contributed by atoms with van der Waals surface area (Å²) >= 11 is 0. The van der Waals surface area contributed by atoms with Gasteiger partial charge in [-0.3, -0.25) is 0 Å². The largest absolute Gasteiger partial charge is 0.485 e. The molecule has 1 aromatic rings. The lowest BCUT2D eigenvalue weighted by Crippen LogP contribution is -2.25. The lowest BCUT2D eigenvalue weighted by atomic mass is 9.95. The Morgan fingerprint density at radius 2 is 1.88 bits per heavy atom. The molecule has 1 atom stereocenters. The number of ether oxygens (including phenoxy) is 1. The van der Waals surface area contributed by atoms with Crippen LogP contribution in [-0.2, 0) is 4.79 Å². The van der Waals surface area contributed by atoms with Gasteiger partial charge >= 0.3 is 5.97 Å². The summed E-state index contributed by atoms with van der Waals surface area (Å²) in [4.78, 5) is 11.0. The van der Waals surface area contributed by atoms with Gasteiger partial charge in [0.25, 0.3) is 0 Å². The standard InChI is InChI=1S/C12H12O3.C2H6/c1-7-9-5-3-4-6-10(9)15-8(2)11(7)12(13)14;1-2/h3-6,8H,1-2H3,(H,13,14);1-2H3. The molecule has 1 heterocycles. The number of benzene rings is 1. The molecule has 1 aromatic carbocycles. The normalized spacial score (nSPS) is 17.5. The van der Waals surface area contributed by atoms with Gasteiger partial charge in [-0.15, -0.1) is 0 Å². The van der Waals surface area contributed by atoms with Crippen LogP contribution in [-0.4, -0.2) is 17.2 Å². The number of carbonyl (C=O) groups is 1. The number of fused-ring (bicyclic) bond motifs is 1. The van der Waals surface area contributed by atoms with Crippen LogP contribution in [0.15, 0.2) is 29.8 Å². The van der Waals surface area contributed by atoms with Crippen molar-refractivity contribution in [3.05, 3.63) is 35.4 Å². The van der Waals surface area contributed by atoms with Crippen molar-refractivity contribution in [2.75, 3.05) is 0 Å². The van der Waals surface area contributed by atoms with Gasteiger partial charge in [0, 0.05) is 5.56 Å². The first-order valence-corrected chi connectivity index (χ1v) is 5.81. The average molecular weight is 234 g/mol. The molecule has 2 rings (SSSR count). The molecule has 1 aliphatic heterocycles. The number of allylic oxidation sites excluding steroid dienone is 1. The van der Waals surface area contributed by atoms with Crippen molar-refractivity contribution in [1.82, 2.24) is 0 Å². The molecular weight excluding hydrogens is 216 g/mol. The summed E-state index contributed by atoms with van der Waals surface area (Å²) < 4.78 is 5.54. The van der Waals surface area contributed by atoms with Crippen molar-refractivity contribution in [1.29, 1.82) is 0 Å². The van der Waals surface area contributed by atoms with Gasteiger partial charge in [-0.1, -0.05) is 32.0 Å². The second-order valence-electron chi connectivity index (χ2n) is 3.60. The minimum atomic E-state index is -0.908. The predicted octanol–water partition coefficient (Wildman–Crippen LogP) is 3.35. The van der Waals surface area contributed by atoms with Crippen LogP contribution in [0.2, 0.25) is 0 Å².